The Labute approximate surface area is 138 Å². The number of anilines is 2. The van der Waals surface area contributed by atoms with Crippen LogP contribution >= 0.6 is 0 Å². The highest BCUT2D eigenvalue weighted by Crippen LogP contribution is 2.29. The van der Waals surface area contributed by atoms with Gasteiger partial charge in [0.25, 0.3) is 0 Å². The number of halogens is 2. The molecule has 2 aromatic rings. The summed E-state index contributed by atoms with van der Waals surface area (Å²) in [5, 5.41) is 4.44. The second-order valence-electron chi connectivity index (χ2n) is 6.30. The quantitative estimate of drug-likeness (QED) is 0.821. The van der Waals surface area contributed by atoms with Crippen molar-refractivity contribution in [1.29, 1.82) is 0 Å². The third-order valence-corrected chi connectivity index (χ3v) is 3.39. The van der Waals surface area contributed by atoms with Crippen LogP contribution in [0.4, 0.5) is 20.2 Å². The van der Waals surface area contributed by atoms with Crippen LogP contribution in [0.1, 0.15) is 26.3 Å². The van der Waals surface area contributed by atoms with Crippen molar-refractivity contribution in [3.8, 4) is 0 Å². The molecule has 0 aliphatic rings. The Kier molecular flexibility index (Phi) is 4.97. The van der Waals surface area contributed by atoms with Gasteiger partial charge in [-0.3, -0.25) is 9.59 Å². The molecule has 0 unspecified atom stereocenters. The standard InChI is InChI=1S/C18H18F2N2O2/c1-18(2,3)11-7-4-5-10-14(11)21-16(23)17(24)22-15-12(19)8-6-9-13(15)20/h4-10H,1-3H3,(H,21,23)(H,22,24). The fraction of sp³-hybridized carbons (Fsp3) is 0.222. The van der Waals surface area contributed by atoms with E-state index in [1.165, 1.54) is 6.07 Å². The summed E-state index contributed by atoms with van der Waals surface area (Å²) >= 11 is 0. The molecular weight excluding hydrogens is 314 g/mol. The first-order chi connectivity index (χ1) is 11.2. The molecule has 2 amide bonds. The van der Waals surface area contributed by atoms with Crippen molar-refractivity contribution in [1.82, 2.24) is 0 Å². The zero-order chi connectivity index (χ0) is 17.9. The Balaban J connectivity index is 2.18. The first-order valence-electron chi connectivity index (χ1n) is 7.36. The van der Waals surface area contributed by atoms with Gasteiger partial charge in [0.1, 0.15) is 17.3 Å². The van der Waals surface area contributed by atoms with Gasteiger partial charge in [-0.25, -0.2) is 8.78 Å². The highest BCUT2D eigenvalue weighted by Gasteiger charge is 2.22. The maximum absolute atomic E-state index is 13.5. The lowest BCUT2D eigenvalue weighted by Crippen LogP contribution is -2.30. The summed E-state index contributed by atoms with van der Waals surface area (Å²) in [5.74, 6) is -4.06. The van der Waals surface area contributed by atoms with E-state index in [2.05, 4.69) is 5.32 Å². The van der Waals surface area contributed by atoms with Gasteiger partial charge in [0.15, 0.2) is 0 Å². The molecule has 0 aliphatic carbocycles. The average molecular weight is 332 g/mol. The lowest BCUT2D eigenvalue weighted by atomic mass is 9.86. The number of hydrogen-bond donors (Lipinski definition) is 2. The molecule has 0 heterocycles. The zero-order valence-electron chi connectivity index (χ0n) is 13.6. The summed E-state index contributed by atoms with van der Waals surface area (Å²) in [6.45, 7) is 5.90. The molecule has 24 heavy (non-hydrogen) atoms. The molecule has 4 nitrogen and oxygen atoms in total. The maximum atomic E-state index is 13.5. The number of carbonyl (C=O) groups excluding carboxylic acids is 2. The summed E-state index contributed by atoms with van der Waals surface area (Å²) in [5.41, 5.74) is 0.405. The SMILES string of the molecule is CC(C)(C)c1ccccc1NC(=O)C(=O)Nc1c(F)cccc1F. The van der Waals surface area contributed by atoms with Crippen molar-refractivity contribution >= 4 is 23.2 Å². The van der Waals surface area contributed by atoms with Crippen molar-refractivity contribution in [2.45, 2.75) is 26.2 Å². The topological polar surface area (TPSA) is 58.2 Å². The van der Waals surface area contributed by atoms with E-state index in [-0.39, 0.29) is 5.41 Å². The van der Waals surface area contributed by atoms with Gasteiger partial charge < -0.3 is 10.6 Å². The number of hydrogen-bond acceptors (Lipinski definition) is 2. The monoisotopic (exact) mass is 332 g/mol. The van der Waals surface area contributed by atoms with Crippen LogP contribution in [0.2, 0.25) is 0 Å². The van der Waals surface area contributed by atoms with Crippen molar-refractivity contribution in [2.75, 3.05) is 10.6 Å². The lowest BCUT2D eigenvalue weighted by Gasteiger charge is -2.22. The number of rotatable bonds is 2. The molecular formula is C18H18F2N2O2. The van der Waals surface area contributed by atoms with E-state index in [1.54, 1.807) is 12.1 Å². The molecule has 6 heteroatoms. The Morgan fingerprint density at radius 1 is 0.833 bits per heavy atom. The average Bonchev–Trinajstić information content (AvgIpc) is 2.50. The minimum absolute atomic E-state index is 0.252. The first kappa shape index (κ1) is 17.6. The van der Waals surface area contributed by atoms with Gasteiger partial charge in [-0.1, -0.05) is 45.0 Å². The van der Waals surface area contributed by atoms with E-state index in [0.717, 1.165) is 17.7 Å². The molecule has 0 bridgehead atoms. The summed E-state index contributed by atoms with van der Waals surface area (Å²) < 4.78 is 27.1. The van der Waals surface area contributed by atoms with Crippen molar-refractivity contribution in [3.63, 3.8) is 0 Å². The van der Waals surface area contributed by atoms with Crippen LogP contribution in [0.25, 0.3) is 0 Å². The highest BCUT2D eigenvalue weighted by atomic mass is 19.1. The first-order valence-corrected chi connectivity index (χ1v) is 7.36. The molecule has 0 fully saturated rings. The summed E-state index contributed by atoms with van der Waals surface area (Å²) in [6.07, 6.45) is 0. The van der Waals surface area contributed by atoms with Crippen molar-refractivity contribution in [3.05, 3.63) is 59.7 Å². The molecule has 2 rings (SSSR count). The number of para-hydroxylation sites is 2. The van der Waals surface area contributed by atoms with Gasteiger partial charge in [-0.05, 0) is 29.2 Å². The fourth-order valence-corrected chi connectivity index (χ4v) is 2.21. The fourth-order valence-electron chi connectivity index (χ4n) is 2.21. The molecule has 2 N–H and O–H groups in total. The molecule has 0 atom stereocenters. The number of carbonyl (C=O) groups is 2. The molecule has 0 radical (unpaired) electrons. The third kappa shape index (κ3) is 3.95. The predicted molar refractivity (Wildman–Crippen MR) is 88.8 cm³/mol. The van der Waals surface area contributed by atoms with Crippen LogP contribution in [-0.2, 0) is 15.0 Å². The van der Waals surface area contributed by atoms with Gasteiger partial charge >= 0.3 is 11.8 Å². The zero-order valence-corrected chi connectivity index (χ0v) is 13.6. The summed E-state index contributed by atoms with van der Waals surface area (Å²) in [7, 11) is 0. The molecule has 2 aromatic carbocycles. The van der Waals surface area contributed by atoms with Gasteiger partial charge in [0.05, 0.1) is 0 Å². The van der Waals surface area contributed by atoms with Crippen LogP contribution < -0.4 is 10.6 Å². The Morgan fingerprint density at radius 3 is 1.96 bits per heavy atom. The van der Waals surface area contributed by atoms with Crippen LogP contribution in [0.5, 0.6) is 0 Å². The minimum Gasteiger partial charge on any atom is -0.318 e. The minimum atomic E-state index is -1.15. The van der Waals surface area contributed by atoms with E-state index in [4.69, 9.17) is 0 Å². The number of benzene rings is 2. The van der Waals surface area contributed by atoms with E-state index in [9.17, 15) is 18.4 Å². The molecule has 0 aromatic heterocycles. The van der Waals surface area contributed by atoms with Crippen molar-refractivity contribution < 1.29 is 18.4 Å². The van der Waals surface area contributed by atoms with Crippen LogP contribution in [0, 0.1) is 11.6 Å². The van der Waals surface area contributed by atoms with Gasteiger partial charge in [0, 0.05) is 5.69 Å². The number of nitrogens with one attached hydrogen (secondary N) is 2. The van der Waals surface area contributed by atoms with E-state index >= 15 is 0 Å². The van der Waals surface area contributed by atoms with Gasteiger partial charge in [-0.15, -0.1) is 0 Å². The summed E-state index contributed by atoms with van der Waals surface area (Å²) in [6, 6.07) is 10.2. The highest BCUT2D eigenvalue weighted by molar-refractivity contribution is 6.43. The van der Waals surface area contributed by atoms with Crippen LogP contribution in [0.3, 0.4) is 0 Å². The molecule has 0 aliphatic heterocycles. The molecule has 0 saturated heterocycles. The predicted octanol–water partition coefficient (Wildman–Crippen LogP) is 3.84. The lowest BCUT2D eigenvalue weighted by molar-refractivity contribution is -0.133. The number of amides is 2. The van der Waals surface area contributed by atoms with Crippen molar-refractivity contribution in [2.24, 2.45) is 0 Å². The third-order valence-electron chi connectivity index (χ3n) is 3.39. The Hall–Kier alpha value is -2.76. The smallest absolute Gasteiger partial charge is 0.314 e. The second-order valence-corrected chi connectivity index (χ2v) is 6.30. The van der Waals surface area contributed by atoms with E-state index in [1.807, 2.05) is 38.2 Å². The van der Waals surface area contributed by atoms with Gasteiger partial charge in [-0.2, -0.15) is 0 Å². The molecule has 0 saturated carbocycles. The van der Waals surface area contributed by atoms with E-state index < -0.39 is 29.1 Å². The Bertz CT molecular complexity index is 763. The maximum Gasteiger partial charge on any atom is 0.314 e. The van der Waals surface area contributed by atoms with E-state index in [0.29, 0.717) is 5.69 Å². The van der Waals surface area contributed by atoms with Crippen LogP contribution in [0.15, 0.2) is 42.5 Å². The van der Waals surface area contributed by atoms with Gasteiger partial charge in [0.2, 0.25) is 0 Å². The Morgan fingerprint density at radius 2 is 1.38 bits per heavy atom. The molecule has 126 valence electrons. The van der Waals surface area contributed by atoms with Crippen LogP contribution in [-0.4, -0.2) is 11.8 Å². The normalized spacial score (nSPS) is 11.0. The molecule has 0 spiro atoms. The largest absolute Gasteiger partial charge is 0.318 e. The summed E-state index contributed by atoms with van der Waals surface area (Å²) in [4.78, 5) is 24.0. The second kappa shape index (κ2) is 6.78.